The number of nitrogen functional groups attached to an aromatic ring is 1. The lowest BCUT2D eigenvalue weighted by molar-refractivity contribution is -0.0891. The zero-order valence-electron chi connectivity index (χ0n) is 12.4. The predicted molar refractivity (Wildman–Crippen MR) is 77.2 cm³/mol. The highest BCUT2D eigenvalue weighted by Crippen LogP contribution is 2.42. The molecule has 0 bridgehead atoms. The van der Waals surface area contributed by atoms with Crippen LogP contribution in [-0.2, 0) is 10.3 Å². The van der Waals surface area contributed by atoms with Gasteiger partial charge in [0.05, 0.1) is 0 Å². The van der Waals surface area contributed by atoms with Gasteiger partial charge in [0.15, 0.2) is 0 Å². The normalized spacial score (nSPS) is 26.1. The van der Waals surface area contributed by atoms with E-state index < -0.39 is 5.60 Å². The summed E-state index contributed by atoms with van der Waals surface area (Å²) in [7, 11) is 0. The maximum atomic E-state index is 6.05. The van der Waals surface area contributed by atoms with Crippen LogP contribution >= 0.6 is 0 Å². The summed E-state index contributed by atoms with van der Waals surface area (Å²) in [6.45, 7) is 4.87. The number of H-pyrrole nitrogens is 1. The molecule has 0 aromatic carbocycles. The summed E-state index contributed by atoms with van der Waals surface area (Å²) < 4.78 is 11.4. The second-order valence-electron chi connectivity index (χ2n) is 5.76. The average molecular weight is 291 g/mol. The van der Waals surface area contributed by atoms with Crippen molar-refractivity contribution in [3.63, 3.8) is 0 Å². The Morgan fingerprint density at radius 1 is 1.57 bits per heavy atom. The van der Waals surface area contributed by atoms with E-state index in [-0.39, 0.29) is 0 Å². The summed E-state index contributed by atoms with van der Waals surface area (Å²) in [6.07, 6.45) is 4.18. The zero-order valence-corrected chi connectivity index (χ0v) is 12.4. The molecule has 2 unspecified atom stereocenters. The molecule has 7 heteroatoms. The van der Waals surface area contributed by atoms with E-state index in [2.05, 4.69) is 27.3 Å². The lowest BCUT2D eigenvalue weighted by Crippen LogP contribution is -2.36. The molecule has 2 heterocycles. The summed E-state index contributed by atoms with van der Waals surface area (Å²) in [5.41, 5.74) is 5.80. The van der Waals surface area contributed by atoms with Gasteiger partial charge in [-0.05, 0) is 32.1 Å². The van der Waals surface area contributed by atoms with E-state index in [0.29, 0.717) is 35.8 Å². The number of nitrogens with zero attached hydrogens (tertiary/aromatic N) is 3. The smallest absolute Gasteiger partial charge is 0.276 e. The summed E-state index contributed by atoms with van der Waals surface area (Å²) >= 11 is 0. The van der Waals surface area contributed by atoms with Gasteiger partial charge in [0, 0.05) is 12.7 Å². The predicted octanol–water partition coefficient (Wildman–Crippen LogP) is 2.48. The number of nitrogens with one attached hydrogen (secondary N) is 1. The van der Waals surface area contributed by atoms with Gasteiger partial charge < -0.3 is 15.0 Å². The van der Waals surface area contributed by atoms with E-state index in [1.54, 1.807) is 6.07 Å². The third-order valence-corrected chi connectivity index (χ3v) is 4.04. The molecule has 7 nitrogen and oxygen atoms in total. The van der Waals surface area contributed by atoms with Crippen LogP contribution in [0.2, 0.25) is 0 Å². The third kappa shape index (κ3) is 2.65. The molecule has 0 saturated heterocycles. The van der Waals surface area contributed by atoms with Gasteiger partial charge in [0.2, 0.25) is 5.82 Å². The van der Waals surface area contributed by atoms with Crippen molar-refractivity contribution in [1.29, 1.82) is 0 Å². The van der Waals surface area contributed by atoms with Crippen LogP contribution in [0.1, 0.15) is 45.4 Å². The second kappa shape index (κ2) is 5.48. The maximum Gasteiger partial charge on any atom is 0.276 e. The van der Waals surface area contributed by atoms with Crippen LogP contribution in [0, 0.1) is 5.92 Å². The lowest BCUT2D eigenvalue weighted by Gasteiger charge is -2.37. The van der Waals surface area contributed by atoms with E-state index in [4.69, 9.17) is 15.0 Å². The molecule has 21 heavy (non-hydrogen) atoms. The van der Waals surface area contributed by atoms with Crippen molar-refractivity contribution in [2.24, 2.45) is 5.92 Å². The van der Waals surface area contributed by atoms with Crippen molar-refractivity contribution in [1.82, 2.24) is 20.3 Å². The zero-order chi connectivity index (χ0) is 14.9. The number of rotatable bonds is 4. The van der Waals surface area contributed by atoms with Crippen molar-refractivity contribution >= 4 is 5.82 Å². The second-order valence-corrected chi connectivity index (χ2v) is 5.76. The van der Waals surface area contributed by atoms with Crippen molar-refractivity contribution in [3.8, 4) is 11.6 Å². The molecule has 0 aliphatic heterocycles. The monoisotopic (exact) mass is 291 g/mol. The molecule has 0 amide bonds. The molecule has 3 N–H and O–H groups in total. The summed E-state index contributed by atoms with van der Waals surface area (Å²) in [5, 5.41) is 10.8. The Hall–Kier alpha value is -1.89. The number of anilines is 1. The number of nitrogens with two attached hydrogens (primary N) is 1. The summed E-state index contributed by atoms with van der Waals surface area (Å²) in [4.78, 5) is 4.51. The van der Waals surface area contributed by atoms with E-state index in [0.717, 1.165) is 19.3 Å². The highest BCUT2D eigenvalue weighted by atomic mass is 16.5. The van der Waals surface area contributed by atoms with Gasteiger partial charge in [-0.2, -0.15) is 10.1 Å². The van der Waals surface area contributed by atoms with Crippen molar-refractivity contribution in [3.05, 3.63) is 11.9 Å². The topological polar surface area (TPSA) is 103 Å². The highest BCUT2D eigenvalue weighted by molar-refractivity contribution is 5.51. The molecule has 2 aromatic rings. The Morgan fingerprint density at radius 2 is 2.43 bits per heavy atom. The molecule has 2 aromatic heterocycles. The highest BCUT2D eigenvalue weighted by Gasteiger charge is 2.41. The minimum atomic E-state index is -0.431. The van der Waals surface area contributed by atoms with E-state index >= 15 is 0 Å². The quantitative estimate of drug-likeness (QED) is 0.897. The van der Waals surface area contributed by atoms with Crippen LogP contribution in [-0.4, -0.2) is 26.9 Å². The van der Waals surface area contributed by atoms with Gasteiger partial charge in [0.25, 0.3) is 5.89 Å². The first-order valence-corrected chi connectivity index (χ1v) is 7.42. The number of ether oxygens (including phenoxy) is 1. The molecule has 1 aliphatic carbocycles. The van der Waals surface area contributed by atoms with Crippen molar-refractivity contribution in [2.45, 2.75) is 45.1 Å². The van der Waals surface area contributed by atoms with E-state index in [1.807, 2.05) is 6.92 Å². The fourth-order valence-corrected chi connectivity index (χ4v) is 3.14. The number of aromatic nitrogens is 4. The van der Waals surface area contributed by atoms with Gasteiger partial charge in [-0.25, -0.2) is 0 Å². The maximum absolute atomic E-state index is 6.05. The Kier molecular flexibility index (Phi) is 3.67. The van der Waals surface area contributed by atoms with Crippen LogP contribution in [0.5, 0.6) is 0 Å². The first kappa shape index (κ1) is 14.1. The first-order chi connectivity index (χ1) is 10.1. The molecule has 2 atom stereocenters. The number of aromatic amines is 1. The Balaban J connectivity index is 1.91. The number of hydrogen-bond donors (Lipinski definition) is 2. The van der Waals surface area contributed by atoms with Crippen LogP contribution in [0.3, 0.4) is 0 Å². The van der Waals surface area contributed by atoms with E-state index in [1.165, 1.54) is 6.42 Å². The number of hydrogen-bond acceptors (Lipinski definition) is 6. The van der Waals surface area contributed by atoms with Gasteiger partial charge in [-0.3, -0.25) is 5.10 Å². The standard InChI is InChI=1S/C14H21N5O2/c1-3-20-14(6-4-5-9(2)8-14)13-16-12(21-19-13)10-7-11(15)18-17-10/h7,9H,3-6,8H2,1-2H3,(H3,15,17,18). The fraction of sp³-hybridized carbons (Fsp3) is 0.643. The molecule has 1 aliphatic rings. The fourth-order valence-electron chi connectivity index (χ4n) is 3.14. The molecule has 114 valence electrons. The van der Waals surface area contributed by atoms with Gasteiger partial charge in [-0.1, -0.05) is 18.5 Å². The molecular weight excluding hydrogens is 270 g/mol. The third-order valence-electron chi connectivity index (χ3n) is 4.04. The summed E-state index contributed by atoms with van der Waals surface area (Å²) in [5.74, 6) is 2.01. The average Bonchev–Trinajstić information content (AvgIpc) is 3.07. The van der Waals surface area contributed by atoms with Gasteiger partial charge in [-0.15, -0.1) is 0 Å². The first-order valence-electron chi connectivity index (χ1n) is 7.42. The van der Waals surface area contributed by atoms with Crippen LogP contribution in [0.25, 0.3) is 11.6 Å². The summed E-state index contributed by atoms with van der Waals surface area (Å²) in [6, 6.07) is 1.67. The van der Waals surface area contributed by atoms with Gasteiger partial charge in [0.1, 0.15) is 17.1 Å². The van der Waals surface area contributed by atoms with E-state index in [9.17, 15) is 0 Å². The molecule has 1 saturated carbocycles. The van der Waals surface area contributed by atoms with Crippen molar-refractivity contribution in [2.75, 3.05) is 12.3 Å². The molecule has 0 radical (unpaired) electrons. The van der Waals surface area contributed by atoms with Crippen LogP contribution in [0.15, 0.2) is 10.6 Å². The largest absolute Gasteiger partial charge is 0.382 e. The van der Waals surface area contributed by atoms with Crippen molar-refractivity contribution < 1.29 is 9.26 Å². The minimum absolute atomic E-state index is 0.395. The van der Waals surface area contributed by atoms with Gasteiger partial charge >= 0.3 is 0 Å². The molecular formula is C14H21N5O2. The molecule has 0 spiro atoms. The molecule has 1 fully saturated rings. The minimum Gasteiger partial charge on any atom is -0.382 e. The SMILES string of the molecule is CCOC1(c2noc(-c3cc(N)n[nH]3)n2)CCCC(C)C1. The lowest BCUT2D eigenvalue weighted by atomic mass is 9.78. The Labute approximate surface area is 123 Å². The van der Waals surface area contributed by atoms with Crippen LogP contribution in [0.4, 0.5) is 5.82 Å². The Bertz CT molecular complexity index is 604. The molecule has 3 rings (SSSR count). The Morgan fingerprint density at radius 3 is 3.10 bits per heavy atom. The van der Waals surface area contributed by atoms with Crippen LogP contribution < -0.4 is 5.73 Å².